The zero-order chi connectivity index (χ0) is 28.2. The Labute approximate surface area is 235 Å². The Morgan fingerprint density at radius 2 is 1.62 bits per heavy atom. The number of nitrogens with one attached hydrogen (secondary N) is 1. The summed E-state index contributed by atoms with van der Waals surface area (Å²) in [7, 11) is 3.22. The van der Waals surface area contributed by atoms with E-state index < -0.39 is 11.9 Å². The average Bonchev–Trinajstić information content (AvgIpc) is 2.96. The first-order valence-corrected chi connectivity index (χ1v) is 13.6. The van der Waals surface area contributed by atoms with Crippen LogP contribution in [0.2, 0.25) is 0 Å². The fourth-order valence-electron chi connectivity index (χ4n) is 5.86. The van der Waals surface area contributed by atoms with Crippen LogP contribution in [-0.2, 0) is 20.7 Å². The van der Waals surface area contributed by atoms with Crippen molar-refractivity contribution in [2.75, 3.05) is 20.8 Å². The van der Waals surface area contributed by atoms with Crippen molar-refractivity contribution in [1.29, 1.82) is 0 Å². The van der Waals surface area contributed by atoms with Crippen LogP contribution in [0, 0.1) is 6.92 Å². The number of carbonyl (C=O) groups is 2. The quantitative estimate of drug-likeness (QED) is 0.347. The molecule has 0 spiro atoms. The molecular weight excluding hydrogens is 502 g/mol. The van der Waals surface area contributed by atoms with E-state index in [1.807, 2.05) is 86.6 Å². The van der Waals surface area contributed by atoms with Gasteiger partial charge in [-0.2, -0.15) is 0 Å². The molecule has 5 rings (SSSR count). The second-order valence-corrected chi connectivity index (χ2v) is 10.4. The zero-order valence-electron chi connectivity index (χ0n) is 23.5. The highest BCUT2D eigenvalue weighted by atomic mass is 16.5. The van der Waals surface area contributed by atoms with E-state index in [1.165, 1.54) is 0 Å². The number of methoxy groups -OCH3 is 2. The summed E-state index contributed by atoms with van der Waals surface area (Å²) in [5, 5.41) is 3.44. The third-order valence-electron chi connectivity index (χ3n) is 7.89. The number of carbonyl (C=O) groups excluding carboxylic acids is 2. The van der Waals surface area contributed by atoms with Gasteiger partial charge in [0.1, 0.15) is 0 Å². The Bertz CT molecular complexity index is 1490. The molecule has 6 heteroatoms. The lowest BCUT2D eigenvalue weighted by Gasteiger charge is -2.37. The van der Waals surface area contributed by atoms with E-state index >= 15 is 0 Å². The van der Waals surface area contributed by atoms with Gasteiger partial charge in [-0.05, 0) is 60.6 Å². The first kappa shape index (κ1) is 27.3. The highest BCUT2D eigenvalue weighted by Crippen LogP contribution is 2.47. The van der Waals surface area contributed by atoms with Crippen LogP contribution in [0.3, 0.4) is 0 Å². The Kier molecular flexibility index (Phi) is 8.06. The number of benzene rings is 3. The van der Waals surface area contributed by atoms with E-state index in [4.69, 9.17) is 14.2 Å². The van der Waals surface area contributed by atoms with Crippen LogP contribution in [0.4, 0.5) is 0 Å². The fraction of sp³-hybridized carbons (Fsp3) is 0.294. The maximum atomic E-state index is 13.9. The third kappa shape index (κ3) is 5.39. The van der Waals surface area contributed by atoms with Crippen LogP contribution in [0.15, 0.2) is 95.3 Å². The van der Waals surface area contributed by atoms with Gasteiger partial charge in [-0.25, -0.2) is 4.79 Å². The summed E-state index contributed by atoms with van der Waals surface area (Å²) in [6.45, 7) is 4.18. The zero-order valence-corrected chi connectivity index (χ0v) is 23.5. The smallest absolute Gasteiger partial charge is 0.336 e. The molecule has 0 aromatic heterocycles. The van der Waals surface area contributed by atoms with Gasteiger partial charge in [0.15, 0.2) is 17.3 Å². The lowest BCUT2D eigenvalue weighted by atomic mass is 9.71. The summed E-state index contributed by atoms with van der Waals surface area (Å²) < 4.78 is 16.7. The van der Waals surface area contributed by atoms with Crippen LogP contribution >= 0.6 is 0 Å². The van der Waals surface area contributed by atoms with Crippen LogP contribution in [0.1, 0.15) is 53.9 Å². The van der Waals surface area contributed by atoms with Gasteiger partial charge < -0.3 is 19.5 Å². The maximum Gasteiger partial charge on any atom is 0.336 e. The van der Waals surface area contributed by atoms with Crippen molar-refractivity contribution in [1.82, 2.24) is 5.32 Å². The number of ether oxygens (including phenoxy) is 3. The Balaban J connectivity index is 1.47. The van der Waals surface area contributed by atoms with Crippen LogP contribution in [-0.4, -0.2) is 32.6 Å². The van der Waals surface area contributed by atoms with Crippen molar-refractivity contribution in [3.8, 4) is 11.5 Å². The SMILES string of the molecule is COc1ccc(C2CC(=O)C3=C(C2)NC(C)=C(C(=O)OCCc2ccccc2)C3c2ccccc2C)cc1OC. The van der Waals surface area contributed by atoms with Gasteiger partial charge in [0, 0.05) is 35.7 Å². The molecule has 3 aromatic rings. The predicted molar refractivity (Wildman–Crippen MR) is 154 cm³/mol. The summed E-state index contributed by atoms with van der Waals surface area (Å²) in [5.74, 6) is 0.416. The molecule has 6 nitrogen and oxygen atoms in total. The van der Waals surface area contributed by atoms with E-state index in [-0.39, 0.29) is 18.3 Å². The molecule has 40 heavy (non-hydrogen) atoms. The summed E-state index contributed by atoms with van der Waals surface area (Å²) in [6.07, 6.45) is 1.61. The van der Waals surface area contributed by atoms with Crippen molar-refractivity contribution >= 4 is 11.8 Å². The van der Waals surface area contributed by atoms with Gasteiger partial charge in [0.2, 0.25) is 0 Å². The molecule has 0 radical (unpaired) electrons. The molecule has 1 N–H and O–H groups in total. The molecule has 0 amide bonds. The Morgan fingerprint density at radius 3 is 2.35 bits per heavy atom. The van der Waals surface area contributed by atoms with Crippen LogP contribution in [0.25, 0.3) is 0 Å². The molecule has 2 aliphatic rings. The van der Waals surface area contributed by atoms with Gasteiger partial charge >= 0.3 is 5.97 Å². The van der Waals surface area contributed by atoms with E-state index in [2.05, 4.69) is 5.32 Å². The molecule has 1 aliphatic heterocycles. The minimum absolute atomic E-state index is 0.0248. The van der Waals surface area contributed by atoms with Crippen molar-refractivity contribution in [2.24, 2.45) is 0 Å². The standard InChI is InChI=1S/C34H35NO5/c1-21-10-8-9-13-26(21)32-31(34(37)40-17-16-23-11-6-5-7-12-23)22(2)35-27-18-25(19-28(36)33(27)32)24-14-15-29(38-3)30(20-24)39-4/h5-15,20,25,32,35H,16-19H2,1-4H3. The summed E-state index contributed by atoms with van der Waals surface area (Å²) >= 11 is 0. The highest BCUT2D eigenvalue weighted by Gasteiger charge is 2.42. The third-order valence-corrected chi connectivity index (χ3v) is 7.89. The van der Waals surface area contributed by atoms with Crippen LogP contribution in [0.5, 0.6) is 11.5 Å². The Hall–Kier alpha value is -4.32. The topological polar surface area (TPSA) is 73.9 Å². The number of Topliss-reactive ketones (excluding diaryl/α,β-unsaturated/α-hetero) is 1. The van der Waals surface area contributed by atoms with Gasteiger partial charge in [0.05, 0.1) is 26.4 Å². The van der Waals surface area contributed by atoms with Crippen LogP contribution < -0.4 is 14.8 Å². The normalized spacial score (nSPS) is 18.6. The number of hydrogen-bond acceptors (Lipinski definition) is 6. The fourth-order valence-corrected chi connectivity index (χ4v) is 5.86. The maximum absolute atomic E-state index is 13.9. The van der Waals surface area contributed by atoms with E-state index in [9.17, 15) is 9.59 Å². The Morgan fingerprint density at radius 1 is 0.900 bits per heavy atom. The second kappa shape index (κ2) is 11.8. The lowest BCUT2D eigenvalue weighted by Crippen LogP contribution is -2.36. The number of allylic oxidation sites excluding steroid dienone is 3. The van der Waals surface area contributed by atoms with Crippen molar-refractivity contribution < 1.29 is 23.8 Å². The molecule has 1 heterocycles. The number of dihydropyridines is 1. The molecule has 0 bridgehead atoms. The second-order valence-electron chi connectivity index (χ2n) is 10.4. The van der Waals surface area contributed by atoms with E-state index in [0.717, 1.165) is 33.6 Å². The number of hydrogen-bond donors (Lipinski definition) is 1. The number of esters is 1. The minimum Gasteiger partial charge on any atom is -0.493 e. The molecule has 0 saturated carbocycles. The van der Waals surface area contributed by atoms with Crippen molar-refractivity contribution in [3.05, 3.63) is 118 Å². The molecule has 3 aromatic carbocycles. The van der Waals surface area contributed by atoms with Gasteiger partial charge in [0.25, 0.3) is 0 Å². The largest absolute Gasteiger partial charge is 0.493 e. The summed E-state index contributed by atoms with van der Waals surface area (Å²) in [4.78, 5) is 27.5. The molecular formula is C34H35NO5. The summed E-state index contributed by atoms with van der Waals surface area (Å²) in [5.41, 5.74) is 6.83. The van der Waals surface area contributed by atoms with Gasteiger partial charge in [-0.15, -0.1) is 0 Å². The first-order valence-electron chi connectivity index (χ1n) is 13.6. The molecule has 0 fully saturated rings. The number of aryl methyl sites for hydroxylation is 1. The first-order chi connectivity index (χ1) is 19.4. The van der Waals surface area contributed by atoms with Gasteiger partial charge in [-0.3, -0.25) is 4.79 Å². The van der Waals surface area contributed by atoms with Crippen molar-refractivity contribution in [3.63, 3.8) is 0 Å². The molecule has 2 unspecified atom stereocenters. The molecule has 0 saturated heterocycles. The summed E-state index contributed by atoms with van der Waals surface area (Å²) in [6, 6.07) is 23.7. The van der Waals surface area contributed by atoms with Gasteiger partial charge in [-0.1, -0.05) is 60.7 Å². The average molecular weight is 538 g/mol. The van der Waals surface area contributed by atoms with E-state index in [1.54, 1.807) is 14.2 Å². The number of ketones is 1. The number of rotatable bonds is 8. The monoisotopic (exact) mass is 537 g/mol. The predicted octanol–water partition coefficient (Wildman–Crippen LogP) is 6.16. The lowest BCUT2D eigenvalue weighted by molar-refractivity contribution is -0.139. The minimum atomic E-state index is -0.486. The molecule has 2 atom stereocenters. The highest BCUT2D eigenvalue weighted by molar-refractivity contribution is 6.04. The van der Waals surface area contributed by atoms with E-state index in [0.29, 0.717) is 41.9 Å². The molecule has 206 valence electrons. The van der Waals surface area contributed by atoms with Crippen molar-refractivity contribution in [2.45, 2.75) is 44.9 Å². The molecule has 1 aliphatic carbocycles.